The van der Waals surface area contributed by atoms with Gasteiger partial charge in [0.1, 0.15) is 0 Å². The van der Waals surface area contributed by atoms with Gasteiger partial charge in [0.2, 0.25) is 25.4 Å². The molecule has 0 saturated heterocycles. The predicted octanol–water partition coefficient (Wildman–Crippen LogP) is 0.646. The van der Waals surface area contributed by atoms with E-state index >= 15 is 0 Å². The summed E-state index contributed by atoms with van der Waals surface area (Å²) in [6, 6.07) is 12.0. The average molecular weight is 442 g/mol. The van der Waals surface area contributed by atoms with Crippen molar-refractivity contribution in [3.05, 3.63) is 42.5 Å². The topological polar surface area (TPSA) is 161 Å². The van der Waals surface area contributed by atoms with Crippen molar-refractivity contribution in [3.63, 3.8) is 0 Å². The number of amides is 1. The first-order valence-corrected chi connectivity index (χ1v) is 11.6. The molecule has 148 valence electrons. The maximum atomic E-state index is 12.6. The molecule has 0 radical (unpaired) electrons. The number of carbonyl (C=O) groups is 1. The summed E-state index contributed by atoms with van der Waals surface area (Å²) in [5.41, 5.74) is 0. The van der Waals surface area contributed by atoms with Crippen LogP contribution in [0.1, 0.15) is 6.42 Å². The number of carbonyl (C=O) groups excluding carboxylic acids is 1. The third-order valence-corrected chi connectivity index (χ3v) is 7.25. The van der Waals surface area contributed by atoms with Crippen molar-refractivity contribution in [2.24, 2.45) is 5.14 Å². The van der Waals surface area contributed by atoms with Gasteiger partial charge in [-0.1, -0.05) is 47.7 Å². The molecule has 1 aromatic heterocycles. The lowest BCUT2D eigenvalue weighted by Crippen LogP contribution is -2.28. The molecule has 0 bridgehead atoms. The highest BCUT2D eigenvalue weighted by atomic mass is 32.2. The summed E-state index contributed by atoms with van der Waals surface area (Å²) < 4.78 is 49.3. The summed E-state index contributed by atoms with van der Waals surface area (Å²) in [7, 11) is -7.82. The van der Waals surface area contributed by atoms with Gasteiger partial charge in [-0.3, -0.25) is 4.79 Å². The SMILES string of the molecule is NS(=O)(=O)c1nnc(NC(=O)CCNS(=O)(=O)c2cccc3ccccc23)s1. The first kappa shape index (κ1) is 20.3. The molecule has 0 atom stereocenters. The number of nitrogens with zero attached hydrogens (tertiary/aromatic N) is 2. The van der Waals surface area contributed by atoms with Crippen molar-refractivity contribution < 1.29 is 21.6 Å². The van der Waals surface area contributed by atoms with Crippen LogP contribution in [-0.2, 0) is 24.8 Å². The van der Waals surface area contributed by atoms with E-state index in [2.05, 4.69) is 20.2 Å². The number of hydrogen-bond acceptors (Lipinski definition) is 8. The summed E-state index contributed by atoms with van der Waals surface area (Å²) >= 11 is 0.600. The summed E-state index contributed by atoms with van der Waals surface area (Å²) in [6.45, 7) is -0.155. The van der Waals surface area contributed by atoms with E-state index in [1.807, 2.05) is 6.07 Å². The fourth-order valence-electron chi connectivity index (χ4n) is 2.36. The standard InChI is InChI=1S/C15H15N5O5S3/c16-27(22,23)15-20-19-14(26-15)18-13(21)8-9-17-28(24,25)12-7-3-5-10-4-1-2-6-11(10)12/h1-7,17H,8-9H2,(H2,16,22,23)(H,18,19,21). The number of rotatable bonds is 7. The number of primary sulfonamides is 1. The smallest absolute Gasteiger partial charge is 0.267 e. The molecule has 0 spiro atoms. The van der Waals surface area contributed by atoms with E-state index in [0.717, 1.165) is 5.39 Å². The second-order valence-electron chi connectivity index (χ2n) is 5.59. The largest absolute Gasteiger partial charge is 0.300 e. The minimum absolute atomic E-state index is 0.0501. The number of nitrogens with two attached hydrogens (primary N) is 1. The predicted molar refractivity (Wildman–Crippen MR) is 104 cm³/mol. The molecule has 4 N–H and O–H groups in total. The first-order chi connectivity index (χ1) is 13.2. The number of aromatic nitrogens is 2. The fraction of sp³-hybridized carbons (Fsp3) is 0.133. The Morgan fingerprint density at radius 3 is 2.46 bits per heavy atom. The van der Waals surface area contributed by atoms with E-state index in [-0.39, 0.29) is 23.0 Å². The molecule has 0 aliphatic heterocycles. The van der Waals surface area contributed by atoms with E-state index in [4.69, 9.17) is 5.14 Å². The molecule has 13 heteroatoms. The highest BCUT2D eigenvalue weighted by Crippen LogP contribution is 2.22. The molecular formula is C15H15N5O5S3. The van der Waals surface area contributed by atoms with Crippen molar-refractivity contribution in [2.75, 3.05) is 11.9 Å². The van der Waals surface area contributed by atoms with Gasteiger partial charge in [0.25, 0.3) is 10.0 Å². The van der Waals surface area contributed by atoms with Gasteiger partial charge in [-0.2, -0.15) is 0 Å². The fourth-order valence-corrected chi connectivity index (χ4v) is 4.97. The van der Waals surface area contributed by atoms with Crippen LogP contribution in [0.4, 0.5) is 5.13 Å². The molecule has 1 amide bonds. The minimum Gasteiger partial charge on any atom is -0.300 e. The van der Waals surface area contributed by atoms with Crippen molar-refractivity contribution in [1.29, 1.82) is 0 Å². The molecule has 0 unspecified atom stereocenters. The van der Waals surface area contributed by atoms with Crippen LogP contribution in [-0.4, -0.2) is 39.5 Å². The van der Waals surface area contributed by atoms with Crippen LogP contribution in [0, 0.1) is 0 Å². The monoisotopic (exact) mass is 441 g/mol. The number of sulfonamides is 2. The van der Waals surface area contributed by atoms with Crippen LogP contribution in [0.25, 0.3) is 10.8 Å². The lowest BCUT2D eigenvalue weighted by molar-refractivity contribution is -0.116. The molecule has 2 aromatic carbocycles. The van der Waals surface area contributed by atoms with Gasteiger partial charge in [0.05, 0.1) is 4.90 Å². The van der Waals surface area contributed by atoms with E-state index in [1.54, 1.807) is 30.3 Å². The highest BCUT2D eigenvalue weighted by Gasteiger charge is 2.18. The van der Waals surface area contributed by atoms with Crippen molar-refractivity contribution >= 4 is 53.2 Å². The summed E-state index contributed by atoms with van der Waals surface area (Å²) in [5, 5.41) is 15.4. The van der Waals surface area contributed by atoms with Crippen LogP contribution in [0.15, 0.2) is 51.7 Å². The average Bonchev–Trinajstić information content (AvgIpc) is 3.10. The number of nitrogens with one attached hydrogen (secondary N) is 2. The zero-order chi connectivity index (χ0) is 20.4. The lowest BCUT2D eigenvalue weighted by Gasteiger charge is -2.09. The Morgan fingerprint density at radius 2 is 1.75 bits per heavy atom. The zero-order valence-corrected chi connectivity index (χ0v) is 16.6. The van der Waals surface area contributed by atoms with E-state index in [0.29, 0.717) is 16.7 Å². The number of fused-ring (bicyclic) bond motifs is 1. The molecule has 3 rings (SSSR count). The maximum absolute atomic E-state index is 12.6. The summed E-state index contributed by atoms with van der Waals surface area (Å²) in [5.74, 6) is -0.558. The van der Waals surface area contributed by atoms with Gasteiger partial charge in [-0.15, -0.1) is 10.2 Å². The highest BCUT2D eigenvalue weighted by molar-refractivity contribution is 7.91. The normalized spacial score (nSPS) is 12.2. The van der Waals surface area contributed by atoms with E-state index < -0.39 is 30.3 Å². The Bertz CT molecular complexity index is 1230. The minimum atomic E-state index is -4.00. The Labute approximate surface area is 164 Å². The molecule has 0 fully saturated rings. The van der Waals surface area contributed by atoms with Gasteiger partial charge >= 0.3 is 0 Å². The molecule has 3 aromatic rings. The van der Waals surface area contributed by atoms with Crippen molar-refractivity contribution in [2.45, 2.75) is 15.7 Å². The second kappa shape index (κ2) is 7.89. The van der Waals surface area contributed by atoms with Gasteiger partial charge in [-0.25, -0.2) is 26.7 Å². The Morgan fingerprint density at radius 1 is 1.04 bits per heavy atom. The van der Waals surface area contributed by atoms with Crippen LogP contribution < -0.4 is 15.2 Å². The number of hydrogen-bond donors (Lipinski definition) is 3. The lowest BCUT2D eigenvalue weighted by atomic mass is 10.1. The molecule has 10 nitrogen and oxygen atoms in total. The first-order valence-electron chi connectivity index (χ1n) is 7.80. The van der Waals surface area contributed by atoms with Gasteiger partial charge in [0.15, 0.2) is 0 Å². The second-order valence-corrected chi connectivity index (χ2v) is 10.0. The van der Waals surface area contributed by atoms with Gasteiger partial charge < -0.3 is 5.32 Å². The zero-order valence-electron chi connectivity index (χ0n) is 14.2. The Balaban J connectivity index is 1.62. The molecular weight excluding hydrogens is 426 g/mol. The number of benzene rings is 2. The summed E-state index contributed by atoms with van der Waals surface area (Å²) in [6.07, 6.45) is -0.186. The van der Waals surface area contributed by atoms with Crippen LogP contribution in [0.3, 0.4) is 0 Å². The quantitative estimate of drug-likeness (QED) is 0.453. The molecule has 0 aliphatic rings. The molecule has 0 aliphatic carbocycles. The third kappa shape index (κ3) is 4.69. The van der Waals surface area contributed by atoms with Crippen LogP contribution in [0.2, 0.25) is 0 Å². The Kier molecular flexibility index (Phi) is 5.71. The van der Waals surface area contributed by atoms with E-state index in [9.17, 15) is 21.6 Å². The van der Waals surface area contributed by atoms with Crippen molar-refractivity contribution in [3.8, 4) is 0 Å². The Hall–Kier alpha value is -2.45. The van der Waals surface area contributed by atoms with Crippen LogP contribution in [0.5, 0.6) is 0 Å². The summed E-state index contributed by atoms with van der Waals surface area (Å²) in [4.78, 5) is 12.0. The molecule has 28 heavy (non-hydrogen) atoms. The van der Waals surface area contributed by atoms with Crippen LogP contribution >= 0.6 is 11.3 Å². The van der Waals surface area contributed by atoms with Crippen molar-refractivity contribution in [1.82, 2.24) is 14.9 Å². The number of anilines is 1. The van der Waals surface area contributed by atoms with Gasteiger partial charge in [-0.05, 0) is 11.5 Å². The maximum Gasteiger partial charge on any atom is 0.267 e. The molecule has 0 saturated carbocycles. The third-order valence-electron chi connectivity index (χ3n) is 3.58. The van der Waals surface area contributed by atoms with Gasteiger partial charge in [0, 0.05) is 18.4 Å². The molecule has 1 heterocycles. The van der Waals surface area contributed by atoms with E-state index in [1.165, 1.54) is 6.07 Å².